The molecule has 0 fully saturated rings. The Kier molecular flexibility index (Phi) is 4.29. The zero-order chi connectivity index (χ0) is 12.3. The highest BCUT2D eigenvalue weighted by Crippen LogP contribution is 2.28. The summed E-state index contributed by atoms with van der Waals surface area (Å²) in [5, 5.41) is 9.29. The van der Waals surface area contributed by atoms with E-state index in [-0.39, 0.29) is 5.78 Å². The van der Waals surface area contributed by atoms with E-state index in [1.807, 2.05) is 0 Å². The summed E-state index contributed by atoms with van der Waals surface area (Å²) in [5.74, 6) is 0.0586. The van der Waals surface area contributed by atoms with E-state index in [9.17, 15) is 4.79 Å². The van der Waals surface area contributed by atoms with Crippen LogP contribution >= 0.6 is 11.6 Å². The van der Waals surface area contributed by atoms with Crippen LogP contribution in [0.1, 0.15) is 15.9 Å². The number of benzene rings is 1. The van der Waals surface area contributed by atoms with Crippen LogP contribution in [0.5, 0.6) is 5.75 Å². The lowest BCUT2D eigenvalue weighted by atomic mass is 10.0. The predicted octanol–water partition coefficient (Wildman–Crippen LogP) is 1.16. The smallest absolute Gasteiger partial charge is 0.185 e. The highest BCUT2D eigenvalue weighted by atomic mass is 35.5. The molecule has 0 aliphatic carbocycles. The summed E-state index contributed by atoms with van der Waals surface area (Å²) in [6.07, 6.45) is 0. The van der Waals surface area contributed by atoms with Crippen molar-refractivity contribution in [3.05, 3.63) is 28.3 Å². The van der Waals surface area contributed by atoms with Gasteiger partial charge in [0, 0.05) is 5.02 Å². The maximum Gasteiger partial charge on any atom is 0.185 e. The summed E-state index contributed by atoms with van der Waals surface area (Å²) >= 11 is 5.86. The summed E-state index contributed by atoms with van der Waals surface area (Å²) in [6, 6.07) is 2.24. The number of ether oxygens (including phenoxy) is 1. The summed E-state index contributed by atoms with van der Waals surface area (Å²) < 4.78 is 5.13. The molecule has 0 bridgehead atoms. The van der Waals surface area contributed by atoms with Crippen molar-refractivity contribution in [3.8, 4) is 5.75 Å². The molecule has 0 saturated heterocycles. The number of hydrogen-bond acceptors (Lipinski definition) is 4. The molecule has 0 radical (unpaired) electrons. The van der Waals surface area contributed by atoms with E-state index in [1.54, 1.807) is 13.0 Å². The molecule has 0 heterocycles. The van der Waals surface area contributed by atoms with Crippen molar-refractivity contribution in [1.82, 2.24) is 0 Å². The molecule has 0 aliphatic rings. The standard InChI is InChI=1S/C11H14ClNO3/c1-6-3-7(12)4-8(11(6)16-2)10(15)9(13)5-14/h3-4,9,14H,5,13H2,1-2H3. The van der Waals surface area contributed by atoms with Gasteiger partial charge in [0.15, 0.2) is 5.78 Å². The van der Waals surface area contributed by atoms with E-state index in [4.69, 9.17) is 27.2 Å². The van der Waals surface area contributed by atoms with Crippen LogP contribution in [0.2, 0.25) is 5.02 Å². The van der Waals surface area contributed by atoms with E-state index in [0.29, 0.717) is 16.3 Å². The van der Waals surface area contributed by atoms with Gasteiger partial charge in [0.2, 0.25) is 0 Å². The number of aryl methyl sites for hydroxylation is 1. The summed E-state index contributed by atoms with van der Waals surface area (Å²) in [4.78, 5) is 11.8. The first kappa shape index (κ1) is 13.0. The summed E-state index contributed by atoms with van der Waals surface area (Å²) in [5.41, 5.74) is 6.53. The number of methoxy groups -OCH3 is 1. The third-order valence-electron chi connectivity index (χ3n) is 2.24. The van der Waals surface area contributed by atoms with Gasteiger partial charge in [-0.25, -0.2) is 0 Å². The number of aliphatic hydroxyl groups excluding tert-OH is 1. The zero-order valence-electron chi connectivity index (χ0n) is 9.16. The minimum atomic E-state index is -0.952. The fraction of sp³-hybridized carbons (Fsp3) is 0.364. The maximum absolute atomic E-state index is 11.8. The number of Topliss-reactive ketones (excluding diaryl/α,β-unsaturated/α-hetero) is 1. The van der Waals surface area contributed by atoms with Crippen molar-refractivity contribution in [2.75, 3.05) is 13.7 Å². The van der Waals surface area contributed by atoms with Crippen LogP contribution in [0.15, 0.2) is 12.1 Å². The lowest BCUT2D eigenvalue weighted by Crippen LogP contribution is -2.34. The molecule has 0 aliphatic heterocycles. The predicted molar refractivity (Wildman–Crippen MR) is 62.1 cm³/mol. The molecule has 5 heteroatoms. The van der Waals surface area contributed by atoms with Crippen molar-refractivity contribution < 1.29 is 14.6 Å². The van der Waals surface area contributed by atoms with E-state index in [0.717, 1.165) is 5.56 Å². The van der Waals surface area contributed by atoms with Crippen LogP contribution in [0, 0.1) is 6.92 Å². The molecule has 0 amide bonds. The van der Waals surface area contributed by atoms with Gasteiger partial charge in [0.25, 0.3) is 0 Å². The number of rotatable bonds is 4. The van der Waals surface area contributed by atoms with Crippen molar-refractivity contribution in [1.29, 1.82) is 0 Å². The molecule has 1 aromatic rings. The van der Waals surface area contributed by atoms with Crippen molar-refractivity contribution in [3.63, 3.8) is 0 Å². The minimum Gasteiger partial charge on any atom is -0.496 e. The third kappa shape index (κ3) is 2.52. The number of hydrogen-bond donors (Lipinski definition) is 2. The molecule has 0 aromatic heterocycles. The van der Waals surface area contributed by atoms with Crippen LogP contribution < -0.4 is 10.5 Å². The first-order valence-electron chi connectivity index (χ1n) is 4.76. The Labute approximate surface area is 99.0 Å². The first-order chi connectivity index (χ1) is 7.51. The van der Waals surface area contributed by atoms with Gasteiger partial charge in [-0.3, -0.25) is 4.79 Å². The van der Waals surface area contributed by atoms with Crippen LogP contribution in [0.4, 0.5) is 0 Å². The topological polar surface area (TPSA) is 72.5 Å². The quantitative estimate of drug-likeness (QED) is 0.779. The molecular weight excluding hydrogens is 230 g/mol. The third-order valence-corrected chi connectivity index (χ3v) is 2.46. The second-order valence-corrected chi connectivity index (χ2v) is 3.89. The van der Waals surface area contributed by atoms with Crippen LogP contribution in [0.3, 0.4) is 0 Å². The van der Waals surface area contributed by atoms with Gasteiger partial charge in [0.1, 0.15) is 5.75 Å². The molecule has 4 nitrogen and oxygen atoms in total. The first-order valence-corrected chi connectivity index (χ1v) is 5.13. The number of ketones is 1. The molecule has 1 atom stereocenters. The van der Waals surface area contributed by atoms with Crippen LogP contribution in [-0.2, 0) is 0 Å². The number of nitrogens with two attached hydrogens (primary N) is 1. The molecule has 3 N–H and O–H groups in total. The molecule has 0 saturated carbocycles. The molecular formula is C11H14ClNO3. The molecule has 1 rings (SSSR count). The maximum atomic E-state index is 11.8. The highest BCUT2D eigenvalue weighted by molar-refractivity contribution is 6.31. The Hall–Kier alpha value is -1.10. The highest BCUT2D eigenvalue weighted by Gasteiger charge is 2.20. The molecule has 88 valence electrons. The Morgan fingerprint density at radius 2 is 2.25 bits per heavy atom. The number of halogens is 1. The average Bonchev–Trinajstić information content (AvgIpc) is 2.26. The Balaban J connectivity index is 3.26. The number of carbonyl (C=O) groups is 1. The monoisotopic (exact) mass is 243 g/mol. The second kappa shape index (κ2) is 5.30. The van der Waals surface area contributed by atoms with Crippen molar-refractivity contribution in [2.45, 2.75) is 13.0 Å². The molecule has 16 heavy (non-hydrogen) atoms. The number of carbonyl (C=O) groups excluding carboxylic acids is 1. The molecule has 1 unspecified atom stereocenters. The zero-order valence-corrected chi connectivity index (χ0v) is 9.91. The van der Waals surface area contributed by atoms with Crippen LogP contribution in [0.25, 0.3) is 0 Å². The number of aliphatic hydroxyl groups is 1. The van der Waals surface area contributed by atoms with Gasteiger partial charge >= 0.3 is 0 Å². The van der Waals surface area contributed by atoms with Crippen molar-refractivity contribution in [2.24, 2.45) is 5.73 Å². The Morgan fingerprint density at radius 3 is 2.75 bits per heavy atom. The van der Waals surface area contributed by atoms with Gasteiger partial charge < -0.3 is 15.6 Å². The Morgan fingerprint density at radius 1 is 1.62 bits per heavy atom. The summed E-state index contributed by atoms with van der Waals surface area (Å²) in [6.45, 7) is 1.37. The molecule has 0 spiro atoms. The van der Waals surface area contributed by atoms with Gasteiger partial charge in [-0.2, -0.15) is 0 Å². The Bertz CT molecular complexity index is 406. The van der Waals surface area contributed by atoms with Gasteiger partial charge in [-0.05, 0) is 24.6 Å². The SMILES string of the molecule is COc1c(C)cc(Cl)cc1C(=O)C(N)CO. The fourth-order valence-corrected chi connectivity index (χ4v) is 1.74. The fourth-order valence-electron chi connectivity index (χ4n) is 1.47. The largest absolute Gasteiger partial charge is 0.496 e. The van der Waals surface area contributed by atoms with Gasteiger partial charge in [0.05, 0.1) is 25.3 Å². The lowest BCUT2D eigenvalue weighted by molar-refractivity contribution is 0.0922. The average molecular weight is 244 g/mol. The van der Waals surface area contributed by atoms with Gasteiger partial charge in [-0.15, -0.1) is 0 Å². The van der Waals surface area contributed by atoms with E-state index in [1.165, 1.54) is 13.2 Å². The van der Waals surface area contributed by atoms with Gasteiger partial charge in [-0.1, -0.05) is 11.6 Å². The molecule has 1 aromatic carbocycles. The second-order valence-electron chi connectivity index (χ2n) is 3.46. The van der Waals surface area contributed by atoms with E-state index in [2.05, 4.69) is 0 Å². The van der Waals surface area contributed by atoms with Crippen LogP contribution in [-0.4, -0.2) is 30.6 Å². The van der Waals surface area contributed by atoms with E-state index >= 15 is 0 Å². The van der Waals surface area contributed by atoms with Crippen molar-refractivity contribution >= 4 is 17.4 Å². The van der Waals surface area contributed by atoms with E-state index < -0.39 is 12.6 Å². The minimum absolute atomic E-state index is 0.300. The summed E-state index contributed by atoms with van der Waals surface area (Å²) in [7, 11) is 1.47. The lowest BCUT2D eigenvalue weighted by Gasteiger charge is -2.13. The normalized spacial score (nSPS) is 12.3.